The Morgan fingerprint density at radius 3 is 2.29 bits per heavy atom. The van der Waals surface area contributed by atoms with Crippen molar-refractivity contribution in [2.24, 2.45) is 5.41 Å². The van der Waals surface area contributed by atoms with Gasteiger partial charge in [0.25, 0.3) is 0 Å². The van der Waals surface area contributed by atoms with Crippen LogP contribution in [0.4, 0.5) is 0 Å². The Hall–Kier alpha value is -0.0800. The van der Waals surface area contributed by atoms with E-state index in [0.29, 0.717) is 11.5 Å². The lowest BCUT2D eigenvalue weighted by Crippen LogP contribution is -2.56. The molecule has 0 N–H and O–H groups in total. The Morgan fingerprint density at radius 1 is 1.12 bits per heavy atom. The molecule has 100 valence electrons. The Kier molecular flexibility index (Phi) is 3.84. The van der Waals surface area contributed by atoms with Crippen molar-refractivity contribution >= 4 is 0 Å². The molecule has 1 saturated heterocycles. The predicted molar refractivity (Wildman–Crippen MR) is 72.3 cm³/mol. The molecule has 1 aliphatic carbocycles. The molecule has 1 unspecified atom stereocenters. The van der Waals surface area contributed by atoms with Gasteiger partial charge in [-0.3, -0.25) is 4.90 Å². The summed E-state index contributed by atoms with van der Waals surface area (Å²) in [6.07, 6.45) is 8.85. The van der Waals surface area contributed by atoms with Gasteiger partial charge in [-0.1, -0.05) is 19.3 Å². The average molecular weight is 239 g/mol. The van der Waals surface area contributed by atoms with Crippen molar-refractivity contribution in [3.05, 3.63) is 0 Å². The molecule has 2 nitrogen and oxygen atoms in total. The van der Waals surface area contributed by atoms with Gasteiger partial charge in [0.05, 0.1) is 6.10 Å². The molecule has 2 aliphatic rings. The highest BCUT2D eigenvalue weighted by Crippen LogP contribution is 2.45. The number of hydrogen-bond acceptors (Lipinski definition) is 2. The summed E-state index contributed by atoms with van der Waals surface area (Å²) < 4.78 is 5.70. The lowest BCUT2D eigenvalue weighted by Gasteiger charge is -2.52. The van der Waals surface area contributed by atoms with Crippen LogP contribution < -0.4 is 0 Å². The first-order valence-corrected chi connectivity index (χ1v) is 7.23. The number of ether oxygens (including phenoxy) is 1. The van der Waals surface area contributed by atoms with Crippen LogP contribution in [0.1, 0.15) is 59.3 Å². The number of piperidine rings is 1. The molecule has 0 aromatic heterocycles. The van der Waals surface area contributed by atoms with Crippen molar-refractivity contribution in [2.45, 2.75) is 70.9 Å². The normalized spacial score (nSPS) is 30.7. The summed E-state index contributed by atoms with van der Waals surface area (Å²) in [5.74, 6) is 0. The monoisotopic (exact) mass is 239 g/mol. The van der Waals surface area contributed by atoms with Crippen LogP contribution in [0.15, 0.2) is 0 Å². The Morgan fingerprint density at radius 2 is 1.76 bits per heavy atom. The fourth-order valence-corrected chi connectivity index (χ4v) is 3.66. The molecule has 0 bridgehead atoms. The molecule has 17 heavy (non-hydrogen) atoms. The van der Waals surface area contributed by atoms with Crippen LogP contribution in [-0.4, -0.2) is 36.7 Å². The Labute approximate surface area is 107 Å². The summed E-state index contributed by atoms with van der Waals surface area (Å²) in [5.41, 5.74) is 0.839. The summed E-state index contributed by atoms with van der Waals surface area (Å²) in [6, 6.07) is 0. The molecule has 1 heterocycles. The average Bonchev–Trinajstić information content (AvgIpc) is 2.28. The van der Waals surface area contributed by atoms with Crippen LogP contribution in [0, 0.1) is 5.41 Å². The first-order valence-electron chi connectivity index (χ1n) is 7.23. The third-order valence-corrected chi connectivity index (χ3v) is 4.81. The van der Waals surface area contributed by atoms with Crippen LogP contribution in [-0.2, 0) is 4.74 Å². The van der Waals surface area contributed by atoms with Crippen molar-refractivity contribution in [2.75, 3.05) is 20.2 Å². The van der Waals surface area contributed by atoms with Crippen molar-refractivity contribution in [1.29, 1.82) is 0 Å². The second kappa shape index (κ2) is 4.89. The topological polar surface area (TPSA) is 12.5 Å². The van der Waals surface area contributed by atoms with Gasteiger partial charge in [0.15, 0.2) is 0 Å². The van der Waals surface area contributed by atoms with Gasteiger partial charge in [0.2, 0.25) is 0 Å². The maximum atomic E-state index is 5.70. The second-order valence-corrected chi connectivity index (χ2v) is 7.17. The van der Waals surface area contributed by atoms with Gasteiger partial charge in [-0.25, -0.2) is 0 Å². The molecule has 0 amide bonds. The van der Waals surface area contributed by atoms with Crippen molar-refractivity contribution in [1.82, 2.24) is 4.90 Å². The molecule has 2 heteroatoms. The van der Waals surface area contributed by atoms with E-state index < -0.39 is 0 Å². The summed E-state index contributed by atoms with van der Waals surface area (Å²) in [5, 5.41) is 0. The molecule has 2 rings (SSSR count). The van der Waals surface area contributed by atoms with E-state index in [1.165, 1.54) is 45.1 Å². The summed E-state index contributed by atoms with van der Waals surface area (Å²) >= 11 is 0. The summed E-state index contributed by atoms with van der Waals surface area (Å²) in [7, 11) is 1.88. The summed E-state index contributed by atoms with van der Waals surface area (Å²) in [6.45, 7) is 9.41. The van der Waals surface area contributed by atoms with E-state index in [2.05, 4.69) is 25.7 Å². The third-order valence-electron chi connectivity index (χ3n) is 4.81. The maximum Gasteiger partial charge on any atom is 0.0704 e. The van der Waals surface area contributed by atoms with Crippen molar-refractivity contribution in [3.8, 4) is 0 Å². The van der Waals surface area contributed by atoms with Crippen LogP contribution in [0.2, 0.25) is 0 Å². The smallest absolute Gasteiger partial charge is 0.0704 e. The summed E-state index contributed by atoms with van der Waals surface area (Å²) in [4.78, 5) is 2.65. The SMILES string of the molecule is COC1CN(C(C)(C)C)CC2(CCCCC2)C1. The highest BCUT2D eigenvalue weighted by Gasteiger charge is 2.43. The lowest BCUT2D eigenvalue weighted by atomic mass is 9.68. The molecule has 1 atom stereocenters. The van der Waals surface area contributed by atoms with Crippen LogP contribution in [0.25, 0.3) is 0 Å². The van der Waals surface area contributed by atoms with E-state index >= 15 is 0 Å². The molecular formula is C15H29NO. The van der Waals surface area contributed by atoms with E-state index in [-0.39, 0.29) is 5.54 Å². The highest BCUT2D eigenvalue weighted by molar-refractivity contribution is 4.96. The molecule has 0 aromatic carbocycles. The highest BCUT2D eigenvalue weighted by atomic mass is 16.5. The van der Waals surface area contributed by atoms with E-state index in [1.54, 1.807) is 0 Å². The molecular weight excluding hydrogens is 210 g/mol. The van der Waals surface area contributed by atoms with Gasteiger partial charge in [-0.2, -0.15) is 0 Å². The zero-order valence-electron chi connectivity index (χ0n) is 12.1. The zero-order chi connectivity index (χ0) is 12.5. The van der Waals surface area contributed by atoms with Gasteiger partial charge in [0.1, 0.15) is 0 Å². The van der Waals surface area contributed by atoms with Crippen LogP contribution in [0.5, 0.6) is 0 Å². The molecule has 1 aliphatic heterocycles. The Bertz CT molecular complexity index is 250. The van der Waals surface area contributed by atoms with E-state index in [4.69, 9.17) is 4.74 Å². The lowest BCUT2D eigenvalue weighted by molar-refractivity contribution is -0.0750. The minimum absolute atomic E-state index is 0.279. The molecule has 2 fully saturated rings. The molecule has 0 aromatic rings. The van der Waals surface area contributed by atoms with Crippen LogP contribution in [0.3, 0.4) is 0 Å². The standard InChI is InChI=1S/C15H29NO/c1-14(2,3)16-11-13(17-4)10-15(12-16)8-6-5-7-9-15/h13H,5-12H2,1-4H3. The molecule has 1 spiro atoms. The van der Waals surface area contributed by atoms with E-state index in [9.17, 15) is 0 Å². The molecule has 0 radical (unpaired) electrons. The third kappa shape index (κ3) is 3.03. The minimum Gasteiger partial charge on any atom is -0.380 e. The van der Waals surface area contributed by atoms with E-state index in [0.717, 1.165) is 6.54 Å². The van der Waals surface area contributed by atoms with E-state index in [1.807, 2.05) is 7.11 Å². The number of rotatable bonds is 1. The first kappa shape index (κ1) is 13.4. The number of methoxy groups -OCH3 is 1. The van der Waals surface area contributed by atoms with Gasteiger partial charge in [0, 0.05) is 25.7 Å². The predicted octanol–water partition coefficient (Wildman–Crippen LogP) is 3.46. The minimum atomic E-state index is 0.279. The number of hydrogen-bond donors (Lipinski definition) is 0. The fraction of sp³-hybridized carbons (Fsp3) is 1.00. The van der Waals surface area contributed by atoms with Gasteiger partial charge < -0.3 is 4.74 Å². The molecule has 1 saturated carbocycles. The van der Waals surface area contributed by atoms with Gasteiger partial charge in [-0.15, -0.1) is 0 Å². The maximum absolute atomic E-state index is 5.70. The van der Waals surface area contributed by atoms with Crippen molar-refractivity contribution < 1.29 is 4.74 Å². The number of likely N-dealkylation sites (tertiary alicyclic amines) is 1. The first-order chi connectivity index (χ1) is 7.95. The fourth-order valence-electron chi connectivity index (χ4n) is 3.66. The number of nitrogens with zero attached hydrogens (tertiary/aromatic N) is 1. The Balaban J connectivity index is 2.12. The largest absolute Gasteiger partial charge is 0.380 e. The van der Waals surface area contributed by atoms with Gasteiger partial charge >= 0.3 is 0 Å². The van der Waals surface area contributed by atoms with Crippen molar-refractivity contribution in [3.63, 3.8) is 0 Å². The quantitative estimate of drug-likeness (QED) is 0.695. The zero-order valence-corrected chi connectivity index (χ0v) is 12.1. The second-order valence-electron chi connectivity index (χ2n) is 7.17. The van der Waals surface area contributed by atoms with Crippen LogP contribution >= 0.6 is 0 Å². The van der Waals surface area contributed by atoms with Gasteiger partial charge in [-0.05, 0) is 45.4 Å².